The van der Waals surface area contributed by atoms with Crippen LogP contribution in [-0.2, 0) is 19.1 Å². The highest BCUT2D eigenvalue weighted by Gasteiger charge is 2.33. The Kier molecular flexibility index (Phi) is 7.99. The summed E-state index contributed by atoms with van der Waals surface area (Å²) in [4.78, 5) is 37.6. The third-order valence-electron chi connectivity index (χ3n) is 5.42. The van der Waals surface area contributed by atoms with E-state index in [2.05, 4.69) is 10.6 Å². The van der Waals surface area contributed by atoms with Crippen molar-refractivity contribution >= 4 is 23.5 Å². The zero-order valence-electron chi connectivity index (χ0n) is 17.3. The molecule has 7 nitrogen and oxygen atoms in total. The lowest BCUT2D eigenvalue weighted by Gasteiger charge is -2.31. The molecular weight excluding hydrogens is 358 g/mol. The first-order valence-corrected chi connectivity index (χ1v) is 9.98. The Morgan fingerprint density at radius 3 is 2.36 bits per heavy atom. The number of anilines is 1. The number of piperidine rings is 1. The average Bonchev–Trinajstić information content (AvgIpc) is 2.68. The van der Waals surface area contributed by atoms with E-state index in [1.54, 1.807) is 6.92 Å². The van der Waals surface area contributed by atoms with Gasteiger partial charge in [0.05, 0.1) is 32.2 Å². The van der Waals surface area contributed by atoms with Crippen LogP contribution in [0.25, 0.3) is 0 Å². The fourth-order valence-electron chi connectivity index (χ4n) is 3.62. The van der Waals surface area contributed by atoms with E-state index < -0.39 is 0 Å². The largest absolute Gasteiger partial charge is 0.466 e. The number of rotatable bonds is 7. The van der Waals surface area contributed by atoms with Gasteiger partial charge in [0.2, 0.25) is 5.91 Å². The minimum absolute atomic E-state index is 0.0598. The molecule has 2 amide bonds. The summed E-state index contributed by atoms with van der Waals surface area (Å²) in [7, 11) is 0. The number of para-hydroxylation sites is 1. The molecule has 1 fully saturated rings. The number of quaternary nitrogens is 1. The molecule has 3 N–H and O–H groups in total. The van der Waals surface area contributed by atoms with Crippen LogP contribution in [-0.4, -0.2) is 50.1 Å². The van der Waals surface area contributed by atoms with Gasteiger partial charge in [0.25, 0.3) is 5.91 Å². The van der Waals surface area contributed by atoms with Crippen molar-refractivity contribution < 1.29 is 24.0 Å². The molecule has 1 aromatic rings. The number of amides is 2. The van der Waals surface area contributed by atoms with Gasteiger partial charge in [-0.15, -0.1) is 0 Å². The molecule has 0 saturated carbocycles. The van der Waals surface area contributed by atoms with Gasteiger partial charge in [-0.05, 0) is 38.8 Å². The summed E-state index contributed by atoms with van der Waals surface area (Å²) >= 11 is 0. The Hall–Kier alpha value is -2.41. The van der Waals surface area contributed by atoms with E-state index in [0.717, 1.165) is 47.6 Å². The fourth-order valence-corrected chi connectivity index (χ4v) is 3.62. The number of hydrogen-bond donors (Lipinski definition) is 3. The van der Waals surface area contributed by atoms with E-state index >= 15 is 0 Å². The molecular formula is C21H32N3O4+. The van der Waals surface area contributed by atoms with Crippen molar-refractivity contribution in [2.75, 3.05) is 31.6 Å². The van der Waals surface area contributed by atoms with Crippen molar-refractivity contribution in [2.45, 2.75) is 46.6 Å². The first kappa shape index (κ1) is 21.9. The van der Waals surface area contributed by atoms with Crippen LogP contribution >= 0.6 is 0 Å². The molecule has 28 heavy (non-hydrogen) atoms. The van der Waals surface area contributed by atoms with E-state index in [4.69, 9.17) is 4.74 Å². The number of benzene rings is 1. The lowest BCUT2D eigenvalue weighted by atomic mass is 9.96. The van der Waals surface area contributed by atoms with Crippen molar-refractivity contribution in [3.63, 3.8) is 0 Å². The topological polar surface area (TPSA) is 88.9 Å². The quantitative estimate of drug-likeness (QED) is 0.595. The zero-order valence-corrected chi connectivity index (χ0v) is 17.3. The van der Waals surface area contributed by atoms with Gasteiger partial charge >= 0.3 is 5.97 Å². The predicted molar refractivity (Wildman–Crippen MR) is 107 cm³/mol. The molecule has 0 unspecified atom stereocenters. The summed E-state index contributed by atoms with van der Waals surface area (Å²) in [6.45, 7) is 9.36. The molecule has 2 rings (SSSR count). The molecule has 0 aromatic heterocycles. The van der Waals surface area contributed by atoms with Gasteiger partial charge < -0.3 is 20.3 Å². The Labute approximate surface area is 166 Å². The normalized spacial score (nSPS) is 20.1. The Bertz CT molecular complexity index is 691. The van der Waals surface area contributed by atoms with Gasteiger partial charge in [-0.25, -0.2) is 0 Å². The summed E-state index contributed by atoms with van der Waals surface area (Å²) in [5.41, 5.74) is 2.77. The van der Waals surface area contributed by atoms with E-state index in [1.807, 2.05) is 39.0 Å². The molecule has 1 saturated heterocycles. The van der Waals surface area contributed by atoms with E-state index in [-0.39, 0.29) is 36.3 Å². The van der Waals surface area contributed by atoms with Crippen LogP contribution in [0.15, 0.2) is 18.2 Å². The lowest BCUT2D eigenvalue weighted by Crippen LogP contribution is -3.17. The second-order valence-corrected chi connectivity index (χ2v) is 7.44. The first-order valence-electron chi connectivity index (χ1n) is 9.98. The number of ether oxygens (including phenoxy) is 1. The van der Waals surface area contributed by atoms with Crippen molar-refractivity contribution in [1.29, 1.82) is 0 Å². The summed E-state index contributed by atoms with van der Waals surface area (Å²) in [5, 5.41) is 5.60. The molecule has 1 aliphatic rings. The van der Waals surface area contributed by atoms with Gasteiger partial charge in [0.1, 0.15) is 0 Å². The second kappa shape index (κ2) is 10.2. The van der Waals surface area contributed by atoms with Crippen molar-refractivity contribution in [3.05, 3.63) is 29.3 Å². The molecule has 1 atom stereocenters. The summed E-state index contributed by atoms with van der Waals surface area (Å²) < 4.78 is 5.08. The highest BCUT2D eigenvalue weighted by atomic mass is 16.5. The minimum atomic E-state index is -0.267. The lowest BCUT2D eigenvalue weighted by molar-refractivity contribution is -0.919. The molecule has 1 aromatic carbocycles. The Balaban J connectivity index is 1.78. The van der Waals surface area contributed by atoms with Crippen molar-refractivity contribution in [2.24, 2.45) is 5.92 Å². The average molecular weight is 391 g/mol. The third-order valence-corrected chi connectivity index (χ3v) is 5.42. The molecule has 1 aliphatic heterocycles. The maximum absolute atomic E-state index is 12.4. The summed E-state index contributed by atoms with van der Waals surface area (Å²) in [5.74, 6) is -0.598. The molecule has 7 heteroatoms. The SMILES string of the molecule is CCOC(=O)C1CC[NH+]([C@H](C)C(=O)NCC(=O)Nc2c(C)cccc2C)CC1. The number of aryl methyl sites for hydroxylation is 2. The molecule has 0 aliphatic carbocycles. The minimum Gasteiger partial charge on any atom is -0.466 e. The number of esters is 1. The van der Waals surface area contributed by atoms with Gasteiger partial charge in [-0.2, -0.15) is 0 Å². The molecule has 0 spiro atoms. The van der Waals surface area contributed by atoms with Gasteiger partial charge in [-0.1, -0.05) is 18.2 Å². The van der Waals surface area contributed by atoms with E-state index in [0.29, 0.717) is 6.61 Å². The van der Waals surface area contributed by atoms with E-state index in [1.165, 1.54) is 0 Å². The number of carbonyl (C=O) groups is 3. The standard InChI is InChI=1S/C21H31N3O4/c1-5-28-21(27)17-9-11-24(12-10-17)16(4)20(26)22-13-18(25)23-19-14(2)7-6-8-15(19)3/h6-8,16-17H,5,9-13H2,1-4H3,(H,22,26)(H,23,25)/p+1/t16-/m1/s1. The van der Waals surface area contributed by atoms with Crippen molar-refractivity contribution in [3.8, 4) is 0 Å². The number of likely N-dealkylation sites (tertiary alicyclic amines) is 1. The highest BCUT2D eigenvalue weighted by molar-refractivity contribution is 5.96. The predicted octanol–water partition coefficient (Wildman–Crippen LogP) is 0.605. The molecule has 0 bridgehead atoms. The molecule has 1 heterocycles. The number of hydrogen-bond acceptors (Lipinski definition) is 4. The number of carbonyl (C=O) groups excluding carboxylic acids is 3. The number of nitrogens with one attached hydrogen (secondary N) is 3. The third kappa shape index (κ3) is 5.79. The van der Waals surface area contributed by atoms with Crippen LogP contribution < -0.4 is 15.5 Å². The van der Waals surface area contributed by atoms with Gasteiger partial charge in [0.15, 0.2) is 6.04 Å². The van der Waals surface area contributed by atoms with Gasteiger partial charge in [0, 0.05) is 18.5 Å². The van der Waals surface area contributed by atoms with Crippen LogP contribution in [0.2, 0.25) is 0 Å². The maximum atomic E-state index is 12.4. The highest BCUT2D eigenvalue weighted by Crippen LogP contribution is 2.19. The zero-order chi connectivity index (χ0) is 20.7. The first-order chi connectivity index (χ1) is 13.3. The van der Waals surface area contributed by atoms with Crippen LogP contribution in [0.5, 0.6) is 0 Å². The van der Waals surface area contributed by atoms with Crippen LogP contribution in [0.3, 0.4) is 0 Å². The van der Waals surface area contributed by atoms with Crippen LogP contribution in [0, 0.1) is 19.8 Å². The summed E-state index contributed by atoms with van der Waals surface area (Å²) in [6.07, 6.45) is 1.44. The second-order valence-electron chi connectivity index (χ2n) is 7.44. The summed E-state index contributed by atoms with van der Waals surface area (Å²) in [6, 6.07) is 5.55. The van der Waals surface area contributed by atoms with Crippen LogP contribution in [0.4, 0.5) is 5.69 Å². The van der Waals surface area contributed by atoms with Crippen LogP contribution in [0.1, 0.15) is 37.8 Å². The fraction of sp³-hybridized carbons (Fsp3) is 0.571. The van der Waals surface area contributed by atoms with Crippen molar-refractivity contribution in [1.82, 2.24) is 5.32 Å². The Morgan fingerprint density at radius 1 is 1.18 bits per heavy atom. The maximum Gasteiger partial charge on any atom is 0.309 e. The molecule has 154 valence electrons. The van der Waals surface area contributed by atoms with E-state index in [9.17, 15) is 14.4 Å². The molecule has 0 radical (unpaired) electrons. The Morgan fingerprint density at radius 2 is 1.79 bits per heavy atom. The monoisotopic (exact) mass is 390 g/mol. The smallest absolute Gasteiger partial charge is 0.309 e. The van der Waals surface area contributed by atoms with Gasteiger partial charge in [-0.3, -0.25) is 14.4 Å².